The third kappa shape index (κ3) is 7.70. The van der Waals surface area contributed by atoms with Gasteiger partial charge in [0.25, 0.3) is 21.8 Å². The highest BCUT2D eigenvalue weighted by Crippen LogP contribution is 2.33. The van der Waals surface area contributed by atoms with Crippen LogP contribution in [0.5, 0.6) is 0 Å². The molecule has 0 bridgehead atoms. The van der Waals surface area contributed by atoms with Crippen molar-refractivity contribution < 1.29 is 30.7 Å². The molecule has 11 heteroatoms. The topological polar surface area (TPSA) is 127 Å². The van der Waals surface area contributed by atoms with Gasteiger partial charge in [0, 0.05) is 23.3 Å². The molecule has 1 heterocycles. The van der Waals surface area contributed by atoms with Gasteiger partial charge in [-0.15, -0.1) is 9.35 Å². The number of nitrogens with zero attached hydrogens (tertiary/aromatic N) is 1. The van der Waals surface area contributed by atoms with Crippen molar-refractivity contribution in [2.24, 2.45) is 0 Å². The Hall–Kier alpha value is -2.76. The Morgan fingerprint density at radius 1 is 0.825 bits per heavy atom. The molecule has 1 aromatic carbocycles. The number of hydrogen-bond donors (Lipinski definition) is 1. The van der Waals surface area contributed by atoms with Gasteiger partial charge in [-0.25, -0.2) is 8.42 Å². The Morgan fingerprint density at radius 2 is 1.40 bits per heavy atom. The van der Waals surface area contributed by atoms with Crippen LogP contribution in [0.25, 0.3) is 0 Å². The SMILES string of the molecule is CCCCCCC1=C(CCCCCC)C(=O)N(OS(=O)(=O)C2=CC=C(NS(=O)(=O)c3ccc(C)cc3C)C2)C1=O. The molecule has 0 unspecified atom stereocenters. The molecule has 1 aliphatic carbocycles. The van der Waals surface area contributed by atoms with Crippen LogP contribution >= 0.6 is 0 Å². The predicted molar refractivity (Wildman–Crippen MR) is 153 cm³/mol. The first kappa shape index (κ1) is 31.8. The minimum atomic E-state index is -4.55. The van der Waals surface area contributed by atoms with Crippen LogP contribution in [-0.4, -0.2) is 33.7 Å². The van der Waals surface area contributed by atoms with Crippen molar-refractivity contribution in [2.75, 3.05) is 0 Å². The Balaban J connectivity index is 1.69. The van der Waals surface area contributed by atoms with Crippen LogP contribution in [0, 0.1) is 13.8 Å². The molecular weight excluding hydrogens is 552 g/mol. The van der Waals surface area contributed by atoms with Crippen LogP contribution in [0.3, 0.4) is 0 Å². The standard InChI is InChI=1S/C29H40N2O7S2/c1-5-7-9-11-13-25-26(14-12-10-8-6-2)29(33)31(28(25)32)38-40(36,37)24-17-16-23(20-24)30-39(34,35)27-18-15-21(3)19-22(27)4/h15-19,30H,5-14,20H2,1-4H3. The molecule has 2 amide bonds. The Labute approximate surface area is 238 Å². The lowest BCUT2D eigenvalue weighted by molar-refractivity contribution is -0.162. The summed E-state index contributed by atoms with van der Waals surface area (Å²) in [5.74, 6) is -1.48. The molecule has 2 aliphatic rings. The second kappa shape index (κ2) is 13.7. The molecule has 9 nitrogen and oxygen atoms in total. The number of carbonyl (C=O) groups is 2. The second-order valence-corrected chi connectivity index (χ2v) is 13.6. The number of rotatable bonds is 16. The maximum atomic E-state index is 13.2. The summed E-state index contributed by atoms with van der Waals surface area (Å²) in [5, 5.41) is 0.359. The van der Waals surface area contributed by atoms with Gasteiger partial charge in [-0.1, -0.05) is 70.1 Å². The van der Waals surface area contributed by atoms with E-state index in [1.54, 1.807) is 19.1 Å². The summed E-state index contributed by atoms with van der Waals surface area (Å²) in [6, 6.07) is 4.92. The third-order valence-electron chi connectivity index (χ3n) is 7.02. The van der Waals surface area contributed by atoms with Crippen LogP contribution in [0.15, 0.2) is 57.0 Å². The summed E-state index contributed by atoms with van der Waals surface area (Å²) in [6.07, 6.45) is 10.4. The second-order valence-electron chi connectivity index (χ2n) is 10.4. The van der Waals surface area contributed by atoms with Gasteiger partial charge in [0.1, 0.15) is 0 Å². The zero-order valence-electron chi connectivity index (χ0n) is 23.8. The summed E-state index contributed by atoms with van der Waals surface area (Å²) >= 11 is 0. The average molecular weight is 593 g/mol. The first-order valence-electron chi connectivity index (χ1n) is 14.0. The summed E-state index contributed by atoms with van der Waals surface area (Å²) in [4.78, 5) is 26.2. The normalized spacial score (nSPS) is 16.1. The van der Waals surface area contributed by atoms with E-state index in [1.807, 2.05) is 6.92 Å². The lowest BCUT2D eigenvalue weighted by Crippen LogP contribution is -2.35. The molecule has 0 fully saturated rings. The quantitative estimate of drug-likeness (QED) is 0.195. The molecule has 0 aromatic heterocycles. The van der Waals surface area contributed by atoms with E-state index < -0.39 is 32.0 Å². The van der Waals surface area contributed by atoms with Crippen LogP contribution in [0.1, 0.15) is 95.6 Å². The maximum absolute atomic E-state index is 13.2. The predicted octanol–water partition coefficient (Wildman–Crippen LogP) is 5.62. The van der Waals surface area contributed by atoms with E-state index in [-0.39, 0.29) is 21.9 Å². The summed E-state index contributed by atoms with van der Waals surface area (Å²) in [5.41, 5.74) is 2.26. The van der Waals surface area contributed by atoms with E-state index in [0.717, 1.165) is 56.9 Å². The number of unbranched alkanes of at least 4 members (excludes halogenated alkanes) is 6. The van der Waals surface area contributed by atoms with E-state index in [9.17, 15) is 26.4 Å². The number of allylic oxidation sites excluding steroid dienone is 3. The smallest absolute Gasteiger partial charge is 0.283 e. The Morgan fingerprint density at radius 3 is 1.93 bits per heavy atom. The molecule has 3 rings (SSSR count). The maximum Gasteiger partial charge on any atom is 0.314 e. The van der Waals surface area contributed by atoms with Crippen LogP contribution in [0.4, 0.5) is 0 Å². The van der Waals surface area contributed by atoms with Crippen molar-refractivity contribution in [1.82, 2.24) is 9.79 Å². The molecule has 0 atom stereocenters. The third-order valence-corrected chi connectivity index (χ3v) is 9.86. The van der Waals surface area contributed by atoms with E-state index in [1.165, 1.54) is 18.2 Å². The monoisotopic (exact) mass is 592 g/mol. The van der Waals surface area contributed by atoms with Gasteiger partial charge in [-0.05, 0) is 63.3 Å². The highest BCUT2D eigenvalue weighted by Gasteiger charge is 2.42. The van der Waals surface area contributed by atoms with Gasteiger partial charge >= 0.3 is 10.1 Å². The van der Waals surface area contributed by atoms with Crippen molar-refractivity contribution >= 4 is 32.0 Å². The number of sulfonamides is 1. The zero-order valence-corrected chi connectivity index (χ0v) is 25.4. The lowest BCUT2D eigenvalue weighted by atomic mass is 9.98. The lowest BCUT2D eigenvalue weighted by Gasteiger charge is -2.16. The molecule has 1 N–H and O–H groups in total. The number of aryl methyl sites for hydroxylation is 2. The number of hydroxylamine groups is 2. The highest BCUT2D eigenvalue weighted by atomic mass is 32.2. The van der Waals surface area contributed by atoms with E-state index >= 15 is 0 Å². The van der Waals surface area contributed by atoms with Gasteiger partial charge in [-0.2, -0.15) is 8.42 Å². The number of benzene rings is 1. The minimum Gasteiger partial charge on any atom is -0.283 e. The zero-order chi connectivity index (χ0) is 29.5. The van der Waals surface area contributed by atoms with E-state index in [0.29, 0.717) is 34.6 Å². The molecule has 0 saturated heterocycles. The number of amides is 2. The molecular formula is C29H40N2O7S2. The molecule has 220 valence electrons. The summed E-state index contributed by atoms with van der Waals surface area (Å²) < 4.78 is 59.6. The van der Waals surface area contributed by atoms with Gasteiger partial charge in [0.05, 0.1) is 9.80 Å². The minimum absolute atomic E-state index is 0.0869. The molecule has 0 spiro atoms. The first-order chi connectivity index (χ1) is 18.9. The van der Waals surface area contributed by atoms with Gasteiger partial charge in [0.15, 0.2) is 0 Å². The number of carbonyl (C=O) groups excluding carboxylic acids is 2. The van der Waals surface area contributed by atoms with Gasteiger partial charge in [-0.3, -0.25) is 14.3 Å². The molecule has 1 aromatic rings. The number of imide groups is 1. The van der Waals surface area contributed by atoms with Crippen molar-refractivity contribution in [3.8, 4) is 0 Å². The first-order valence-corrected chi connectivity index (χ1v) is 16.9. The summed E-state index contributed by atoms with van der Waals surface area (Å²) in [7, 11) is -8.50. The largest absolute Gasteiger partial charge is 0.314 e. The fourth-order valence-corrected chi connectivity index (χ4v) is 7.17. The van der Waals surface area contributed by atoms with Gasteiger partial charge in [0.2, 0.25) is 0 Å². The van der Waals surface area contributed by atoms with Gasteiger partial charge < -0.3 is 0 Å². The van der Waals surface area contributed by atoms with Crippen molar-refractivity contribution in [3.63, 3.8) is 0 Å². The van der Waals surface area contributed by atoms with Crippen molar-refractivity contribution in [2.45, 2.75) is 103 Å². The molecule has 0 saturated carbocycles. The fraction of sp³-hybridized carbons (Fsp3) is 0.517. The van der Waals surface area contributed by atoms with E-state index in [4.69, 9.17) is 4.28 Å². The van der Waals surface area contributed by atoms with Crippen LogP contribution < -0.4 is 4.72 Å². The molecule has 1 aliphatic heterocycles. The van der Waals surface area contributed by atoms with Crippen molar-refractivity contribution in [3.05, 3.63) is 63.2 Å². The van der Waals surface area contributed by atoms with E-state index in [2.05, 4.69) is 18.6 Å². The fourth-order valence-electron chi connectivity index (χ4n) is 4.85. The van der Waals surface area contributed by atoms with Crippen LogP contribution in [-0.2, 0) is 34.0 Å². The molecule has 0 radical (unpaired) electrons. The highest BCUT2D eigenvalue weighted by molar-refractivity contribution is 7.90. The van der Waals surface area contributed by atoms with Crippen LogP contribution in [0.2, 0.25) is 0 Å². The summed E-state index contributed by atoms with van der Waals surface area (Å²) in [6.45, 7) is 7.69. The van der Waals surface area contributed by atoms with Crippen molar-refractivity contribution in [1.29, 1.82) is 0 Å². The average Bonchev–Trinajstić information content (AvgIpc) is 3.43. The number of hydrogen-bond acceptors (Lipinski definition) is 7. The number of nitrogens with one attached hydrogen (secondary N) is 1. The Bertz CT molecular complexity index is 1400. The Kier molecular flexibility index (Phi) is 10.9. The molecule has 40 heavy (non-hydrogen) atoms.